The number of halogens is 1. The van der Waals surface area contributed by atoms with Crippen molar-refractivity contribution in [3.05, 3.63) is 35.4 Å². The number of rotatable bonds is 5. The second kappa shape index (κ2) is 9.09. The average molecular weight is 371 g/mol. The SMILES string of the molecule is COCC1(CNC(=O)C2SCCc3ccccc32)CCNCC1.Cl. The summed E-state index contributed by atoms with van der Waals surface area (Å²) in [6, 6.07) is 8.34. The zero-order chi connectivity index (χ0) is 16.1. The molecule has 0 saturated carbocycles. The lowest BCUT2D eigenvalue weighted by Crippen LogP contribution is -2.47. The van der Waals surface area contributed by atoms with Gasteiger partial charge in [0.1, 0.15) is 5.25 Å². The number of piperidine rings is 1. The van der Waals surface area contributed by atoms with E-state index in [1.807, 2.05) is 6.07 Å². The van der Waals surface area contributed by atoms with Crippen LogP contribution in [0.5, 0.6) is 0 Å². The molecule has 1 atom stereocenters. The zero-order valence-corrected chi connectivity index (χ0v) is 15.8. The average Bonchev–Trinajstić information content (AvgIpc) is 2.60. The van der Waals surface area contributed by atoms with Crippen molar-refractivity contribution in [2.45, 2.75) is 24.5 Å². The molecular formula is C18H27ClN2O2S. The van der Waals surface area contributed by atoms with Crippen molar-refractivity contribution < 1.29 is 9.53 Å². The molecule has 0 radical (unpaired) electrons. The van der Waals surface area contributed by atoms with E-state index in [0.29, 0.717) is 13.2 Å². The Morgan fingerprint density at radius 1 is 1.38 bits per heavy atom. The molecule has 1 fully saturated rings. The van der Waals surface area contributed by atoms with Crippen molar-refractivity contribution in [2.24, 2.45) is 5.41 Å². The van der Waals surface area contributed by atoms with Crippen LogP contribution in [0, 0.1) is 5.41 Å². The minimum absolute atomic E-state index is 0. The van der Waals surface area contributed by atoms with Gasteiger partial charge in [0, 0.05) is 19.1 Å². The molecule has 2 aliphatic heterocycles. The Hall–Kier alpha value is -0.750. The van der Waals surface area contributed by atoms with E-state index in [0.717, 1.165) is 38.1 Å². The number of methoxy groups -OCH3 is 1. The normalized spacial score (nSPS) is 22.1. The molecule has 1 unspecified atom stereocenters. The Bertz CT molecular complexity index is 544. The Kier molecular flexibility index (Phi) is 7.41. The summed E-state index contributed by atoms with van der Waals surface area (Å²) in [5.74, 6) is 1.17. The molecule has 0 spiro atoms. The first-order valence-electron chi connectivity index (χ1n) is 8.41. The first-order valence-corrected chi connectivity index (χ1v) is 9.46. The van der Waals surface area contributed by atoms with E-state index < -0.39 is 0 Å². The van der Waals surface area contributed by atoms with Crippen LogP contribution in [0.1, 0.15) is 29.2 Å². The largest absolute Gasteiger partial charge is 0.384 e. The topological polar surface area (TPSA) is 50.4 Å². The summed E-state index contributed by atoms with van der Waals surface area (Å²) in [7, 11) is 1.75. The number of carbonyl (C=O) groups is 1. The number of thioether (sulfide) groups is 1. The number of fused-ring (bicyclic) bond motifs is 1. The molecule has 0 aromatic heterocycles. The molecule has 1 aromatic carbocycles. The fourth-order valence-electron chi connectivity index (χ4n) is 3.61. The summed E-state index contributed by atoms with van der Waals surface area (Å²) in [5, 5.41) is 6.54. The molecule has 2 N–H and O–H groups in total. The monoisotopic (exact) mass is 370 g/mol. The molecule has 2 heterocycles. The van der Waals surface area contributed by atoms with Gasteiger partial charge in [-0.05, 0) is 49.2 Å². The van der Waals surface area contributed by atoms with Crippen molar-refractivity contribution in [2.75, 3.05) is 39.1 Å². The van der Waals surface area contributed by atoms with Crippen molar-refractivity contribution in [1.82, 2.24) is 10.6 Å². The molecule has 2 aliphatic rings. The van der Waals surface area contributed by atoms with Crippen molar-refractivity contribution in [1.29, 1.82) is 0 Å². The Morgan fingerprint density at radius 2 is 2.12 bits per heavy atom. The van der Waals surface area contributed by atoms with E-state index in [-0.39, 0.29) is 29.0 Å². The van der Waals surface area contributed by atoms with Crippen molar-refractivity contribution in [3.8, 4) is 0 Å². The molecule has 0 bridgehead atoms. The molecule has 24 heavy (non-hydrogen) atoms. The van der Waals surface area contributed by atoms with Crippen LogP contribution < -0.4 is 10.6 Å². The molecule has 1 saturated heterocycles. The van der Waals surface area contributed by atoms with Crippen LogP contribution in [-0.4, -0.2) is 45.0 Å². The Morgan fingerprint density at radius 3 is 2.88 bits per heavy atom. The minimum atomic E-state index is -0.0683. The quantitative estimate of drug-likeness (QED) is 0.836. The molecule has 3 rings (SSSR count). The molecule has 134 valence electrons. The lowest BCUT2D eigenvalue weighted by molar-refractivity contribution is -0.121. The number of carbonyl (C=O) groups excluding carboxylic acids is 1. The fourth-order valence-corrected chi connectivity index (χ4v) is 4.83. The van der Waals surface area contributed by atoms with Crippen LogP contribution in [-0.2, 0) is 16.0 Å². The number of nitrogens with one attached hydrogen (secondary N) is 2. The van der Waals surface area contributed by atoms with E-state index in [9.17, 15) is 4.79 Å². The fraction of sp³-hybridized carbons (Fsp3) is 0.611. The molecular weight excluding hydrogens is 344 g/mol. The number of hydrogen-bond donors (Lipinski definition) is 2. The predicted molar refractivity (Wildman–Crippen MR) is 102 cm³/mol. The van der Waals surface area contributed by atoms with Crippen LogP contribution in [0.3, 0.4) is 0 Å². The van der Waals surface area contributed by atoms with Crippen LogP contribution in [0.25, 0.3) is 0 Å². The lowest BCUT2D eigenvalue weighted by atomic mass is 9.79. The van der Waals surface area contributed by atoms with E-state index in [4.69, 9.17) is 4.74 Å². The number of aryl methyl sites for hydroxylation is 1. The highest BCUT2D eigenvalue weighted by Gasteiger charge is 2.34. The van der Waals surface area contributed by atoms with Gasteiger partial charge in [0.15, 0.2) is 0 Å². The summed E-state index contributed by atoms with van der Waals surface area (Å²) in [4.78, 5) is 12.8. The molecule has 1 amide bonds. The Labute approximate surface area is 154 Å². The van der Waals surface area contributed by atoms with E-state index in [1.165, 1.54) is 11.1 Å². The van der Waals surface area contributed by atoms with E-state index in [1.54, 1.807) is 18.9 Å². The van der Waals surface area contributed by atoms with Gasteiger partial charge in [-0.2, -0.15) is 0 Å². The summed E-state index contributed by atoms with van der Waals surface area (Å²) < 4.78 is 5.43. The number of hydrogen-bond acceptors (Lipinski definition) is 4. The number of ether oxygens (including phenoxy) is 1. The molecule has 6 heteroatoms. The van der Waals surface area contributed by atoms with E-state index in [2.05, 4.69) is 28.8 Å². The van der Waals surface area contributed by atoms with Gasteiger partial charge in [-0.3, -0.25) is 4.79 Å². The Balaban J connectivity index is 0.00000208. The van der Waals surface area contributed by atoms with Gasteiger partial charge in [0.05, 0.1) is 6.61 Å². The predicted octanol–water partition coefficient (Wildman–Crippen LogP) is 2.57. The summed E-state index contributed by atoms with van der Waals surface area (Å²) in [5.41, 5.74) is 2.58. The smallest absolute Gasteiger partial charge is 0.237 e. The van der Waals surface area contributed by atoms with Gasteiger partial charge in [-0.15, -0.1) is 24.2 Å². The van der Waals surface area contributed by atoms with Crippen LogP contribution in [0.15, 0.2) is 24.3 Å². The third-order valence-corrected chi connectivity index (χ3v) is 6.23. The van der Waals surface area contributed by atoms with Crippen molar-refractivity contribution in [3.63, 3.8) is 0 Å². The van der Waals surface area contributed by atoms with Crippen LogP contribution in [0.4, 0.5) is 0 Å². The number of benzene rings is 1. The highest BCUT2D eigenvalue weighted by Crippen LogP contribution is 2.37. The minimum Gasteiger partial charge on any atom is -0.384 e. The second-order valence-corrected chi connectivity index (χ2v) is 7.81. The highest BCUT2D eigenvalue weighted by atomic mass is 35.5. The standard InChI is InChI=1S/C18H26N2O2S.ClH/c1-22-13-18(7-9-19-10-8-18)12-20-17(21)16-15-5-3-2-4-14(15)6-11-23-16;/h2-5,16,19H,6-13H2,1H3,(H,20,21);1H. The molecule has 4 nitrogen and oxygen atoms in total. The van der Waals surface area contributed by atoms with Gasteiger partial charge in [-0.25, -0.2) is 0 Å². The third kappa shape index (κ3) is 4.45. The summed E-state index contributed by atoms with van der Waals surface area (Å²) >= 11 is 1.76. The zero-order valence-electron chi connectivity index (χ0n) is 14.2. The lowest BCUT2D eigenvalue weighted by Gasteiger charge is -2.37. The first kappa shape index (κ1) is 19.6. The highest BCUT2D eigenvalue weighted by molar-refractivity contribution is 8.00. The van der Waals surface area contributed by atoms with Crippen LogP contribution in [0.2, 0.25) is 0 Å². The molecule has 1 aromatic rings. The maximum absolute atomic E-state index is 12.8. The number of amides is 1. The van der Waals surface area contributed by atoms with Gasteiger partial charge in [0.25, 0.3) is 0 Å². The first-order chi connectivity index (χ1) is 11.2. The maximum atomic E-state index is 12.8. The summed E-state index contributed by atoms with van der Waals surface area (Å²) in [6.45, 7) is 3.42. The van der Waals surface area contributed by atoms with Crippen LogP contribution >= 0.6 is 24.2 Å². The van der Waals surface area contributed by atoms with Gasteiger partial charge in [-0.1, -0.05) is 24.3 Å². The molecule has 0 aliphatic carbocycles. The van der Waals surface area contributed by atoms with Crippen molar-refractivity contribution >= 4 is 30.1 Å². The maximum Gasteiger partial charge on any atom is 0.237 e. The van der Waals surface area contributed by atoms with Gasteiger partial charge < -0.3 is 15.4 Å². The summed E-state index contributed by atoms with van der Waals surface area (Å²) in [6.07, 6.45) is 3.16. The third-order valence-electron chi connectivity index (χ3n) is 4.98. The van der Waals surface area contributed by atoms with E-state index >= 15 is 0 Å². The van der Waals surface area contributed by atoms with Gasteiger partial charge in [0.2, 0.25) is 5.91 Å². The second-order valence-electron chi connectivity index (χ2n) is 6.60. The van der Waals surface area contributed by atoms with Gasteiger partial charge >= 0.3 is 0 Å².